The van der Waals surface area contributed by atoms with Crippen molar-refractivity contribution in [2.45, 2.75) is 65.6 Å². The maximum Gasteiger partial charge on any atom is 0.412 e. The number of rotatable bonds is 6. The lowest BCUT2D eigenvalue weighted by Crippen LogP contribution is -2.28. The molecule has 0 aromatic heterocycles. The van der Waals surface area contributed by atoms with Crippen LogP contribution < -0.4 is 16.0 Å². The number of carboxylic acid groups (broad SMARTS) is 1. The van der Waals surface area contributed by atoms with Crippen molar-refractivity contribution in [2.24, 2.45) is 0 Å². The van der Waals surface area contributed by atoms with Gasteiger partial charge < -0.3 is 19.9 Å². The first-order valence-corrected chi connectivity index (χ1v) is 9.30. The molecule has 0 spiro atoms. The van der Waals surface area contributed by atoms with E-state index >= 15 is 0 Å². The van der Waals surface area contributed by atoms with E-state index < -0.39 is 35.3 Å². The molecule has 30 heavy (non-hydrogen) atoms. The van der Waals surface area contributed by atoms with Crippen LogP contribution in [0.3, 0.4) is 0 Å². The fraction of sp³-hybridized carbons (Fsp3) is 0.500. The Kier molecular flexibility index (Phi) is 8.20. The molecule has 0 aliphatic carbocycles. The average Bonchev–Trinajstić information content (AvgIpc) is 2.48. The molecule has 0 aliphatic rings. The third-order valence-corrected chi connectivity index (χ3v) is 3.07. The molecule has 1 aromatic rings. The van der Waals surface area contributed by atoms with E-state index in [9.17, 15) is 19.2 Å². The third-order valence-electron chi connectivity index (χ3n) is 3.07. The number of carboxylic acids is 1. The van der Waals surface area contributed by atoms with Gasteiger partial charge in [-0.05, 0) is 59.7 Å². The van der Waals surface area contributed by atoms with E-state index in [-0.39, 0.29) is 29.9 Å². The summed E-state index contributed by atoms with van der Waals surface area (Å²) in [7, 11) is 0. The van der Waals surface area contributed by atoms with E-state index in [1.54, 1.807) is 41.5 Å². The van der Waals surface area contributed by atoms with Crippen molar-refractivity contribution < 1.29 is 33.8 Å². The first kappa shape index (κ1) is 24.7. The Labute approximate surface area is 175 Å². The van der Waals surface area contributed by atoms with Crippen LogP contribution in [0, 0.1) is 0 Å². The van der Waals surface area contributed by atoms with Crippen LogP contribution in [0.1, 0.15) is 54.4 Å². The van der Waals surface area contributed by atoms with Gasteiger partial charge >= 0.3 is 18.2 Å². The van der Waals surface area contributed by atoms with Crippen LogP contribution in [-0.4, -0.2) is 40.4 Å². The molecule has 0 saturated heterocycles. The van der Waals surface area contributed by atoms with Crippen LogP contribution >= 0.6 is 0 Å². The van der Waals surface area contributed by atoms with Gasteiger partial charge in [-0.15, -0.1) is 0 Å². The maximum absolute atomic E-state index is 12.1. The van der Waals surface area contributed by atoms with E-state index in [2.05, 4.69) is 16.0 Å². The summed E-state index contributed by atoms with van der Waals surface area (Å²) in [6.45, 7) is 10.3. The van der Waals surface area contributed by atoms with Gasteiger partial charge in [0.15, 0.2) is 0 Å². The normalized spacial score (nSPS) is 11.3. The number of carbonyl (C=O) groups is 4. The number of nitrogens with one attached hydrogen (secondary N) is 3. The highest BCUT2D eigenvalue weighted by atomic mass is 16.6. The van der Waals surface area contributed by atoms with Crippen molar-refractivity contribution in [1.82, 2.24) is 0 Å². The SMILES string of the molecule is CC(C)(C)OC(=O)Nc1cc(NC(=O)CCC(=O)O)cc(NC(=O)OC(C)(C)C)c1. The fourth-order valence-electron chi connectivity index (χ4n) is 2.13. The van der Waals surface area contributed by atoms with Crippen molar-refractivity contribution >= 4 is 41.1 Å². The number of amides is 3. The van der Waals surface area contributed by atoms with Crippen LogP contribution in [0.4, 0.5) is 26.7 Å². The number of anilines is 3. The Bertz CT molecular complexity index is 759. The summed E-state index contributed by atoms with van der Waals surface area (Å²) in [5.41, 5.74) is -0.711. The van der Waals surface area contributed by atoms with Gasteiger partial charge in [0.05, 0.1) is 6.42 Å². The topological polar surface area (TPSA) is 143 Å². The van der Waals surface area contributed by atoms with Gasteiger partial charge in [0.1, 0.15) is 11.2 Å². The van der Waals surface area contributed by atoms with Crippen LogP contribution in [0.15, 0.2) is 18.2 Å². The van der Waals surface area contributed by atoms with Crippen molar-refractivity contribution in [3.05, 3.63) is 18.2 Å². The van der Waals surface area contributed by atoms with E-state index in [4.69, 9.17) is 14.6 Å². The monoisotopic (exact) mass is 423 g/mol. The Morgan fingerprint density at radius 1 is 0.733 bits per heavy atom. The molecule has 0 fully saturated rings. The van der Waals surface area contributed by atoms with E-state index in [0.29, 0.717) is 0 Å². The average molecular weight is 423 g/mol. The first-order valence-electron chi connectivity index (χ1n) is 9.30. The zero-order chi connectivity index (χ0) is 23.1. The van der Waals surface area contributed by atoms with Crippen LogP contribution in [0.5, 0.6) is 0 Å². The lowest BCUT2D eigenvalue weighted by Gasteiger charge is -2.21. The standard InChI is InChI=1S/C20H29N3O7/c1-19(2,3)29-17(27)22-13-9-12(21-15(24)7-8-16(25)26)10-14(11-13)23-18(28)30-20(4,5)6/h9-11H,7-8H2,1-6H3,(H,21,24)(H,22,27)(H,23,28)(H,25,26). The zero-order valence-corrected chi connectivity index (χ0v) is 18.0. The molecule has 0 unspecified atom stereocenters. The summed E-state index contributed by atoms with van der Waals surface area (Å²) in [5.74, 6) is -1.63. The van der Waals surface area contributed by atoms with Gasteiger partial charge in [-0.1, -0.05) is 0 Å². The minimum absolute atomic E-state index is 0.228. The molecule has 10 nitrogen and oxygen atoms in total. The predicted octanol–water partition coefficient (Wildman–Crippen LogP) is 4.18. The highest BCUT2D eigenvalue weighted by molar-refractivity contribution is 5.96. The fourth-order valence-corrected chi connectivity index (χ4v) is 2.13. The van der Waals surface area contributed by atoms with Gasteiger partial charge in [-0.25, -0.2) is 9.59 Å². The zero-order valence-electron chi connectivity index (χ0n) is 18.0. The molecule has 3 amide bonds. The molecule has 0 heterocycles. The summed E-state index contributed by atoms with van der Waals surface area (Å²) in [6.07, 6.45) is -2.00. The number of benzene rings is 1. The summed E-state index contributed by atoms with van der Waals surface area (Å²) < 4.78 is 10.4. The molecule has 10 heteroatoms. The molecule has 0 atom stereocenters. The summed E-state index contributed by atoms with van der Waals surface area (Å²) >= 11 is 0. The number of carbonyl (C=O) groups excluding carboxylic acids is 3. The van der Waals surface area contributed by atoms with Crippen LogP contribution in [-0.2, 0) is 19.1 Å². The van der Waals surface area contributed by atoms with E-state index in [1.807, 2.05) is 0 Å². The van der Waals surface area contributed by atoms with E-state index in [1.165, 1.54) is 18.2 Å². The van der Waals surface area contributed by atoms with Crippen molar-refractivity contribution in [3.8, 4) is 0 Å². The van der Waals surface area contributed by atoms with Crippen LogP contribution in [0.25, 0.3) is 0 Å². The molecule has 1 aromatic carbocycles. The number of aliphatic carboxylic acids is 1. The largest absolute Gasteiger partial charge is 0.481 e. The van der Waals surface area contributed by atoms with Crippen molar-refractivity contribution in [3.63, 3.8) is 0 Å². The molecule has 166 valence electrons. The minimum atomic E-state index is -1.10. The molecular formula is C20H29N3O7. The molecule has 1 rings (SSSR count). The predicted molar refractivity (Wildman–Crippen MR) is 112 cm³/mol. The Hall–Kier alpha value is -3.30. The summed E-state index contributed by atoms with van der Waals surface area (Å²) in [4.78, 5) is 46.7. The molecule has 0 bridgehead atoms. The minimum Gasteiger partial charge on any atom is -0.481 e. The lowest BCUT2D eigenvalue weighted by atomic mass is 10.2. The second-order valence-electron chi connectivity index (χ2n) is 8.49. The van der Waals surface area contributed by atoms with Crippen molar-refractivity contribution in [2.75, 3.05) is 16.0 Å². The van der Waals surface area contributed by atoms with Crippen molar-refractivity contribution in [1.29, 1.82) is 0 Å². The Balaban J connectivity index is 3.04. The van der Waals surface area contributed by atoms with E-state index in [0.717, 1.165) is 0 Å². The molecule has 4 N–H and O–H groups in total. The molecule has 0 saturated carbocycles. The number of ether oxygens (including phenoxy) is 2. The molecule has 0 radical (unpaired) electrons. The lowest BCUT2D eigenvalue weighted by molar-refractivity contribution is -0.138. The quantitative estimate of drug-likeness (QED) is 0.537. The molecule has 0 aliphatic heterocycles. The van der Waals surface area contributed by atoms with Gasteiger partial charge in [-0.3, -0.25) is 20.2 Å². The molecular weight excluding hydrogens is 394 g/mol. The second kappa shape index (κ2) is 9.95. The highest BCUT2D eigenvalue weighted by Crippen LogP contribution is 2.24. The highest BCUT2D eigenvalue weighted by Gasteiger charge is 2.19. The Morgan fingerprint density at radius 2 is 1.10 bits per heavy atom. The van der Waals surface area contributed by atoms with Gasteiger partial charge in [0.25, 0.3) is 0 Å². The Morgan fingerprint density at radius 3 is 1.43 bits per heavy atom. The summed E-state index contributed by atoms with van der Waals surface area (Å²) in [6, 6.07) is 4.35. The number of hydrogen-bond acceptors (Lipinski definition) is 6. The van der Waals surface area contributed by atoms with Gasteiger partial charge in [0.2, 0.25) is 5.91 Å². The smallest absolute Gasteiger partial charge is 0.412 e. The maximum atomic E-state index is 12.1. The number of hydrogen-bond donors (Lipinski definition) is 4. The van der Waals surface area contributed by atoms with Gasteiger partial charge in [-0.2, -0.15) is 0 Å². The first-order chi connectivity index (χ1) is 13.6. The summed E-state index contributed by atoms with van der Waals surface area (Å²) in [5, 5.41) is 16.3. The van der Waals surface area contributed by atoms with Crippen LogP contribution in [0.2, 0.25) is 0 Å². The van der Waals surface area contributed by atoms with Gasteiger partial charge in [0, 0.05) is 23.5 Å². The third kappa shape index (κ3) is 10.9. The second-order valence-corrected chi connectivity index (χ2v) is 8.49.